The van der Waals surface area contributed by atoms with Gasteiger partial charge in [-0.25, -0.2) is 0 Å². The Morgan fingerprint density at radius 2 is 2.14 bits per heavy atom. The molecule has 0 saturated heterocycles. The first-order valence-electron chi connectivity index (χ1n) is 4.59. The van der Waals surface area contributed by atoms with Gasteiger partial charge in [-0.15, -0.1) is 11.3 Å². The molecule has 0 bridgehead atoms. The molecule has 80 valence electrons. The summed E-state index contributed by atoms with van der Waals surface area (Å²) in [6, 6.07) is 1.77. The van der Waals surface area contributed by atoms with Crippen LogP contribution in [0, 0.1) is 0 Å². The first kappa shape index (κ1) is 11.7. The van der Waals surface area contributed by atoms with E-state index in [9.17, 15) is 8.42 Å². The normalized spacial score (nSPS) is 11.9. The fraction of sp³-hybridized carbons (Fsp3) is 0.556. The van der Waals surface area contributed by atoms with Crippen LogP contribution in [0.15, 0.2) is 15.7 Å². The summed E-state index contributed by atoms with van der Waals surface area (Å²) in [6.45, 7) is 2.09. The molecule has 0 spiro atoms. The monoisotopic (exact) mass is 234 g/mol. The Kier molecular flexibility index (Phi) is 4.10. The Morgan fingerprint density at radius 1 is 1.43 bits per heavy atom. The third kappa shape index (κ3) is 3.08. The van der Waals surface area contributed by atoms with Crippen molar-refractivity contribution in [2.24, 2.45) is 0 Å². The lowest BCUT2D eigenvalue weighted by Gasteiger charge is -1.99. The van der Waals surface area contributed by atoms with Crippen LogP contribution in [0.3, 0.4) is 0 Å². The van der Waals surface area contributed by atoms with Crippen LogP contribution < -0.4 is 0 Å². The zero-order chi connectivity index (χ0) is 10.6. The average molecular weight is 234 g/mol. The van der Waals surface area contributed by atoms with Crippen molar-refractivity contribution in [2.75, 3.05) is 0 Å². The van der Waals surface area contributed by atoms with E-state index in [4.69, 9.17) is 4.55 Å². The Hall–Kier alpha value is -0.390. The number of unbranched alkanes of at least 4 members (excludes halogenated alkanes) is 2. The molecule has 0 amide bonds. The van der Waals surface area contributed by atoms with Crippen molar-refractivity contribution < 1.29 is 13.0 Å². The predicted molar refractivity (Wildman–Crippen MR) is 57.4 cm³/mol. The first-order chi connectivity index (χ1) is 6.55. The molecule has 0 aliphatic carbocycles. The van der Waals surface area contributed by atoms with Crippen molar-refractivity contribution >= 4 is 21.5 Å². The Balaban J connectivity index is 2.74. The van der Waals surface area contributed by atoms with Gasteiger partial charge in [0.1, 0.15) is 4.21 Å². The maximum absolute atomic E-state index is 10.9. The average Bonchev–Trinajstić information content (AvgIpc) is 2.52. The third-order valence-corrected chi connectivity index (χ3v) is 4.39. The van der Waals surface area contributed by atoms with Gasteiger partial charge in [0, 0.05) is 0 Å². The van der Waals surface area contributed by atoms with Crippen molar-refractivity contribution in [3.05, 3.63) is 17.0 Å². The van der Waals surface area contributed by atoms with Gasteiger partial charge in [0.05, 0.1) is 0 Å². The van der Waals surface area contributed by atoms with Gasteiger partial charge in [0.25, 0.3) is 0 Å². The lowest BCUT2D eigenvalue weighted by molar-refractivity contribution is 0.484. The van der Waals surface area contributed by atoms with Crippen molar-refractivity contribution in [1.82, 2.24) is 0 Å². The van der Waals surface area contributed by atoms with E-state index in [1.54, 1.807) is 11.4 Å². The van der Waals surface area contributed by atoms with Gasteiger partial charge in [0.15, 0.2) is 0 Å². The van der Waals surface area contributed by atoms with Crippen molar-refractivity contribution in [3.63, 3.8) is 0 Å². The predicted octanol–water partition coefficient (Wildman–Crippen LogP) is 2.73. The molecule has 0 aromatic carbocycles. The van der Waals surface area contributed by atoms with Crippen LogP contribution in [0.5, 0.6) is 0 Å². The number of rotatable bonds is 5. The molecule has 1 rings (SSSR count). The maximum atomic E-state index is 10.9. The van der Waals surface area contributed by atoms with Crippen LogP contribution >= 0.6 is 11.3 Å². The smallest absolute Gasteiger partial charge is 0.281 e. The van der Waals surface area contributed by atoms with Crippen molar-refractivity contribution in [1.29, 1.82) is 0 Å². The van der Waals surface area contributed by atoms with E-state index < -0.39 is 10.1 Å². The van der Waals surface area contributed by atoms with Gasteiger partial charge in [0.2, 0.25) is 0 Å². The molecule has 0 atom stereocenters. The second-order valence-electron chi connectivity index (χ2n) is 3.17. The summed E-state index contributed by atoms with van der Waals surface area (Å²) in [7, 11) is -4.01. The van der Waals surface area contributed by atoms with E-state index in [1.165, 1.54) is 0 Å². The molecular formula is C9H14O3S2. The van der Waals surface area contributed by atoms with Crippen LogP contribution in [0.25, 0.3) is 0 Å². The molecule has 3 nitrogen and oxygen atoms in total. The number of aryl methyl sites for hydroxylation is 1. The molecule has 0 unspecified atom stereocenters. The van der Waals surface area contributed by atoms with E-state index in [1.807, 2.05) is 0 Å². The third-order valence-electron chi connectivity index (χ3n) is 1.99. The Labute approximate surface area is 88.5 Å². The molecule has 0 saturated carbocycles. The molecule has 0 fully saturated rings. The van der Waals surface area contributed by atoms with Crippen molar-refractivity contribution in [3.8, 4) is 0 Å². The SMILES string of the molecule is CCCCCc1ccsc1S(=O)(=O)O. The molecule has 0 aliphatic rings. The molecule has 14 heavy (non-hydrogen) atoms. The fourth-order valence-electron chi connectivity index (χ4n) is 1.30. The minimum atomic E-state index is -4.01. The highest BCUT2D eigenvalue weighted by atomic mass is 32.3. The van der Waals surface area contributed by atoms with E-state index in [0.29, 0.717) is 0 Å². The summed E-state index contributed by atoms with van der Waals surface area (Å²) in [4.78, 5) is 0. The lowest BCUT2D eigenvalue weighted by atomic mass is 10.1. The summed E-state index contributed by atoms with van der Waals surface area (Å²) < 4.78 is 30.8. The highest BCUT2D eigenvalue weighted by Crippen LogP contribution is 2.23. The summed E-state index contributed by atoms with van der Waals surface area (Å²) in [5, 5.41) is 1.70. The topological polar surface area (TPSA) is 54.4 Å². The summed E-state index contributed by atoms with van der Waals surface area (Å²) in [5.41, 5.74) is 0.742. The minimum absolute atomic E-state index is 0.105. The highest BCUT2D eigenvalue weighted by molar-refractivity contribution is 7.88. The summed E-state index contributed by atoms with van der Waals surface area (Å²) in [6.07, 6.45) is 3.88. The van der Waals surface area contributed by atoms with E-state index in [-0.39, 0.29) is 4.21 Å². The highest BCUT2D eigenvalue weighted by Gasteiger charge is 2.16. The standard InChI is InChI=1S/C9H14O3S2/c1-2-3-4-5-8-6-7-13-9(8)14(10,11)12/h6-7H,2-5H2,1H3,(H,10,11,12). The van der Waals surface area contributed by atoms with Gasteiger partial charge in [-0.1, -0.05) is 19.8 Å². The number of thiophene rings is 1. The molecule has 1 heterocycles. The second kappa shape index (κ2) is 4.91. The quantitative estimate of drug-likeness (QED) is 0.629. The van der Waals surface area contributed by atoms with Gasteiger partial charge >= 0.3 is 10.1 Å². The lowest BCUT2D eigenvalue weighted by Crippen LogP contribution is -1.99. The van der Waals surface area contributed by atoms with Crippen molar-refractivity contribution in [2.45, 2.75) is 36.8 Å². The summed E-state index contributed by atoms with van der Waals surface area (Å²) >= 11 is 1.08. The van der Waals surface area contributed by atoms with E-state index >= 15 is 0 Å². The van der Waals surface area contributed by atoms with Crippen LogP contribution in [-0.4, -0.2) is 13.0 Å². The molecular weight excluding hydrogens is 220 g/mol. The Morgan fingerprint density at radius 3 is 2.71 bits per heavy atom. The van der Waals surface area contributed by atoms with E-state index in [0.717, 1.165) is 42.6 Å². The van der Waals surface area contributed by atoms with E-state index in [2.05, 4.69) is 6.92 Å². The minimum Gasteiger partial charge on any atom is -0.281 e. The van der Waals surface area contributed by atoms with Crippen LogP contribution in [-0.2, 0) is 16.5 Å². The zero-order valence-electron chi connectivity index (χ0n) is 8.06. The first-order valence-corrected chi connectivity index (χ1v) is 6.91. The molecule has 1 N–H and O–H groups in total. The van der Waals surface area contributed by atoms with Crippen LogP contribution in [0.2, 0.25) is 0 Å². The molecule has 0 radical (unpaired) electrons. The molecule has 5 heteroatoms. The molecule has 0 aliphatic heterocycles. The van der Waals surface area contributed by atoms with Gasteiger partial charge in [-0.05, 0) is 29.9 Å². The Bertz CT molecular complexity index is 379. The van der Waals surface area contributed by atoms with Gasteiger partial charge < -0.3 is 0 Å². The summed E-state index contributed by atoms with van der Waals surface area (Å²) in [5.74, 6) is 0. The zero-order valence-corrected chi connectivity index (χ0v) is 9.70. The van der Waals surface area contributed by atoms with Crippen LogP contribution in [0.4, 0.5) is 0 Å². The second-order valence-corrected chi connectivity index (χ2v) is 5.70. The largest absolute Gasteiger partial charge is 0.304 e. The maximum Gasteiger partial charge on any atom is 0.304 e. The van der Waals surface area contributed by atoms with Crippen LogP contribution in [0.1, 0.15) is 31.7 Å². The number of hydrogen-bond acceptors (Lipinski definition) is 3. The van der Waals surface area contributed by atoms with Gasteiger partial charge in [-0.3, -0.25) is 4.55 Å². The van der Waals surface area contributed by atoms with Gasteiger partial charge in [-0.2, -0.15) is 8.42 Å². The fourth-order valence-corrected chi connectivity index (χ4v) is 3.13. The molecule has 1 aromatic heterocycles. The number of hydrogen-bond donors (Lipinski definition) is 1. The molecule has 1 aromatic rings.